The van der Waals surface area contributed by atoms with Crippen LogP contribution in [0.2, 0.25) is 0 Å². The number of ether oxygens (including phenoxy) is 3. The molecule has 0 bridgehead atoms. The van der Waals surface area contributed by atoms with E-state index in [0.29, 0.717) is 31.1 Å². The topological polar surface area (TPSA) is 172 Å². The Balaban J connectivity index is 0.000000287. The molecule has 190 valence electrons. The van der Waals surface area contributed by atoms with E-state index < -0.39 is 42.1 Å². The van der Waals surface area contributed by atoms with Crippen LogP contribution in [0.5, 0.6) is 11.5 Å². The molecule has 2 aromatic carbocycles. The standard InChI is InChI=1S/C18H21NO3.C6H8O7/c1-20-16-9-5-6-10-17(16)22-18(14-19-11-12-21-18)13-15-7-3-2-4-8-15;7-3(8)1-6(13,5(11)12)2-4(9)10/h2-10,19H,11-14H2,1H3;13H,1-2H2,(H,7,8)(H,9,10)(H,11,12). The maximum absolute atomic E-state index is 10.3. The Morgan fingerprint density at radius 3 is 2.03 bits per heavy atom. The molecule has 1 aliphatic heterocycles. The Hall–Kier alpha value is -3.67. The molecule has 0 amide bonds. The van der Waals surface area contributed by atoms with E-state index in [1.54, 1.807) is 7.11 Å². The number of nitrogens with one attached hydrogen (secondary N) is 1. The van der Waals surface area contributed by atoms with Crippen molar-refractivity contribution in [1.82, 2.24) is 5.32 Å². The predicted octanol–water partition coefficient (Wildman–Crippen LogP) is 1.38. The van der Waals surface area contributed by atoms with Gasteiger partial charge in [-0.05, 0) is 17.7 Å². The first kappa shape index (κ1) is 27.6. The van der Waals surface area contributed by atoms with Gasteiger partial charge in [0.15, 0.2) is 17.1 Å². The fourth-order valence-corrected chi connectivity index (χ4v) is 3.38. The highest BCUT2D eigenvalue weighted by atomic mass is 16.7. The van der Waals surface area contributed by atoms with E-state index in [2.05, 4.69) is 17.4 Å². The molecule has 0 aromatic heterocycles. The van der Waals surface area contributed by atoms with Crippen molar-refractivity contribution < 1.29 is 49.0 Å². The Labute approximate surface area is 201 Å². The van der Waals surface area contributed by atoms with Crippen molar-refractivity contribution in [2.75, 3.05) is 26.8 Å². The number of rotatable bonds is 10. The van der Waals surface area contributed by atoms with E-state index in [1.165, 1.54) is 5.56 Å². The number of carboxylic acids is 3. The molecule has 1 saturated heterocycles. The van der Waals surface area contributed by atoms with Gasteiger partial charge in [0.25, 0.3) is 0 Å². The molecule has 2 aromatic rings. The van der Waals surface area contributed by atoms with E-state index in [0.717, 1.165) is 6.54 Å². The second-order valence-electron chi connectivity index (χ2n) is 7.83. The van der Waals surface area contributed by atoms with Crippen LogP contribution in [0.1, 0.15) is 18.4 Å². The molecule has 1 aliphatic rings. The lowest BCUT2D eigenvalue weighted by molar-refractivity contribution is -0.194. The van der Waals surface area contributed by atoms with Gasteiger partial charge in [0, 0.05) is 13.0 Å². The van der Waals surface area contributed by atoms with E-state index in [1.807, 2.05) is 42.5 Å². The first-order chi connectivity index (χ1) is 16.6. The quantitative estimate of drug-likeness (QED) is 0.325. The number of para-hydroxylation sites is 2. The maximum atomic E-state index is 10.3. The number of aliphatic carboxylic acids is 3. The molecule has 0 spiro atoms. The van der Waals surface area contributed by atoms with Crippen molar-refractivity contribution in [1.29, 1.82) is 0 Å². The van der Waals surface area contributed by atoms with Crippen LogP contribution in [0, 0.1) is 0 Å². The van der Waals surface area contributed by atoms with Crippen molar-refractivity contribution >= 4 is 17.9 Å². The van der Waals surface area contributed by atoms with Crippen molar-refractivity contribution in [3.63, 3.8) is 0 Å². The zero-order valence-corrected chi connectivity index (χ0v) is 19.2. The third-order valence-electron chi connectivity index (χ3n) is 5.01. The Morgan fingerprint density at radius 1 is 0.971 bits per heavy atom. The molecule has 11 nitrogen and oxygen atoms in total. The van der Waals surface area contributed by atoms with Gasteiger partial charge >= 0.3 is 17.9 Å². The zero-order valence-electron chi connectivity index (χ0n) is 19.2. The summed E-state index contributed by atoms with van der Waals surface area (Å²) in [5, 5.41) is 37.2. The van der Waals surface area contributed by atoms with Crippen LogP contribution in [0.3, 0.4) is 0 Å². The van der Waals surface area contributed by atoms with Gasteiger partial charge in [-0.25, -0.2) is 4.79 Å². The van der Waals surface area contributed by atoms with Crippen molar-refractivity contribution in [2.45, 2.75) is 30.7 Å². The number of carbonyl (C=O) groups is 3. The molecule has 3 rings (SSSR count). The Morgan fingerprint density at radius 2 is 1.54 bits per heavy atom. The summed E-state index contributed by atoms with van der Waals surface area (Å²) < 4.78 is 17.7. The normalized spacial score (nSPS) is 17.4. The van der Waals surface area contributed by atoms with E-state index in [4.69, 9.17) is 34.6 Å². The third-order valence-corrected chi connectivity index (χ3v) is 5.01. The fourth-order valence-electron chi connectivity index (χ4n) is 3.38. The van der Waals surface area contributed by atoms with Crippen LogP contribution in [0.15, 0.2) is 54.6 Å². The highest BCUT2D eigenvalue weighted by Crippen LogP contribution is 2.32. The van der Waals surface area contributed by atoms with E-state index in [9.17, 15) is 14.4 Å². The third kappa shape index (κ3) is 8.56. The van der Waals surface area contributed by atoms with Gasteiger partial charge in [-0.3, -0.25) is 9.59 Å². The van der Waals surface area contributed by atoms with Crippen molar-refractivity contribution in [2.24, 2.45) is 0 Å². The molecule has 35 heavy (non-hydrogen) atoms. The highest BCUT2D eigenvalue weighted by molar-refractivity contribution is 5.88. The summed E-state index contributed by atoms with van der Waals surface area (Å²) in [4.78, 5) is 30.5. The molecular formula is C24H29NO10. The summed E-state index contributed by atoms with van der Waals surface area (Å²) in [6.07, 6.45) is -1.61. The molecule has 1 atom stereocenters. The molecule has 1 fully saturated rings. The number of benzene rings is 2. The lowest BCUT2D eigenvalue weighted by Crippen LogP contribution is -2.55. The summed E-state index contributed by atoms with van der Waals surface area (Å²) >= 11 is 0. The van der Waals surface area contributed by atoms with E-state index in [-0.39, 0.29) is 0 Å². The molecule has 0 radical (unpaired) electrons. The zero-order chi connectivity index (χ0) is 25.9. The summed E-state index contributed by atoms with van der Waals surface area (Å²) in [7, 11) is 1.64. The number of methoxy groups -OCH3 is 1. The SMILES string of the molecule is COc1ccccc1OC1(Cc2ccccc2)CNCCO1.O=C(O)CC(O)(CC(=O)O)C(=O)O. The smallest absolute Gasteiger partial charge is 0.336 e. The first-order valence-corrected chi connectivity index (χ1v) is 10.7. The summed E-state index contributed by atoms with van der Waals surface area (Å²) in [5.41, 5.74) is -1.56. The molecule has 5 N–H and O–H groups in total. The second-order valence-corrected chi connectivity index (χ2v) is 7.83. The minimum atomic E-state index is -2.74. The average molecular weight is 491 g/mol. The van der Waals surface area contributed by atoms with Crippen LogP contribution in [0.25, 0.3) is 0 Å². The van der Waals surface area contributed by atoms with E-state index >= 15 is 0 Å². The number of aliphatic hydroxyl groups is 1. The van der Waals surface area contributed by atoms with Gasteiger partial charge in [0.05, 0.1) is 33.1 Å². The van der Waals surface area contributed by atoms with Gasteiger partial charge < -0.3 is 40.0 Å². The number of morpholine rings is 1. The highest BCUT2D eigenvalue weighted by Gasteiger charge is 2.41. The molecule has 1 heterocycles. The van der Waals surface area contributed by atoms with Gasteiger partial charge in [-0.1, -0.05) is 42.5 Å². The van der Waals surface area contributed by atoms with Crippen molar-refractivity contribution in [3.05, 3.63) is 60.2 Å². The Bertz CT molecular complexity index is 973. The van der Waals surface area contributed by atoms with Crippen LogP contribution in [0.4, 0.5) is 0 Å². The largest absolute Gasteiger partial charge is 0.493 e. The monoisotopic (exact) mass is 491 g/mol. The lowest BCUT2D eigenvalue weighted by atomic mass is 9.96. The van der Waals surface area contributed by atoms with Gasteiger partial charge in [0.1, 0.15) is 0 Å². The molecule has 0 saturated carbocycles. The summed E-state index contributed by atoms with van der Waals surface area (Å²) in [5.74, 6) is -4.32. The predicted molar refractivity (Wildman–Crippen MR) is 122 cm³/mol. The lowest BCUT2D eigenvalue weighted by Gasteiger charge is -2.38. The number of hydrogen-bond donors (Lipinski definition) is 5. The van der Waals surface area contributed by atoms with Gasteiger partial charge in [0.2, 0.25) is 5.79 Å². The Kier molecular flexibility index (Phi) is 10.0. The summed E-state index contributed by atoms with van der Waals surface area (Å²) in [6.45, 7) is 2.10. The van der Waals surface area contributed by atoms with Crippen molar-refractivity contribution in [3.8, 4) is 11.5 Å². The minimum Gasteiger partial charge on any atom is -0.493 e. The molecular weight excluding hydrogens is 462 g/mol. The first-order valence-electron chi connectivity index (χ1n) is 10.7. The average Bonchev–Trinajstić information content (AvgIpc) is 2.80. The minimum absolute atomic E-state index is 0.627. The second kappa shape index (κ2) is 12.7. The van der Waals surface area contributed by atoms with Crippen LogP contribution in [-0.2, 0) is 25.5 Å². The van der Waals surface area contributed by atoms with Gasteiger partial charge in [-0.2, -0.15) is 0 Å². The number of carboxylic acid groups (broad SMARTS) is 3. The number of hydrogen-bond acceptors (Lipinski definition) is 8. The summed E-state index contributed by atoms with van der Waals surface area (Å²) in [6, 6.07) is 17.9. The molecule has 11 heteroatoms. The van der Waals surface area contributed by atoms with Crippen LogP contribution in [-0.4, -0.2) is 76.5 Å². The van der Waals surface area contributed by atoms with Gasteiger partial charge in [-0.15, -0.1) is 0 Å². The van der Waals surface area contributed by atoms with Crippen LogP contribution < -0.4 is 14.8 Å². The fraction of sp³-hybridized carbons (Fsp3) is 0.375. The van der Waals surface area contributed by atoms with Crippen LogP contribution >= 0.6 is 0 Å². The molecule has 1 unspecified atom stereocenters. The molecule has 0 aliphatic carbocycles. The maximum Gasteiger partial charge on any atom is 0.336 e.